The van der Waals surface area contributed by atoms with Crippen molar-refractivity contribution in [2.24, 2.45) is 17.3 Å². The molecule has 2 atom stereocenters. The molecule has 0 aromatic rings. The van der Waals surface area contributed by atoms with Gasteiger partial charge in [-0.05, 0) is 37.1 Å². The maximum atomic E-state index is 13.5. The van der Waals surface area contributed by atoms with Crippen LogP contribution in [0.5, 0.6) is 0 Å². The lowest BCUT2D eigenvalue weighted by Crippen LogP contribution is -2.58. The molecular formula is C27H45N5O4. The molecule has 4 amide bonds. The molecule has 2 aliphatic heterocycles. The Kier molecular flexibility index (Phi) is 10.1. The smallest absolute Gasteiger partial charge is 0.325 e. The summed E-state index contributed by atoms with van der Waals surface area (Å²) in [6.07, 6.45) is 7.57. The molecule has 2 unspecified atom stereocenters. The second-order valence-corrected chi connectivity index (χ2v) is 12.0. The maximum absolute atomic E-state index is 13.5. The number of hydrogen-bond acceptors (Lipinski definition) is 6. The number of imide groups is 1. The van der Waals surface area contributed by atoms with Gasteiger partial charge < -0.3 is 19.9 Å². The van der Waals surface area contributed by atoms with Crippen molar-refractivity contribution in [2.45, 2.75) is 84.1 Å². The topological polar surface area (TPSA) is 115 Å². The number of rotatable bonds is 8. The van der Waals surface area contributed by atoms with E-state index in [1.165, 1.54) is 6.42 Å². The van der Waals surface area contributed by atoms with Gasteiger partial charge >= 0.3 is 6.03 Å². The highest BCUT2D eigenvalue weighted by Crippen LogP contribution is 2.31. The van der Waals surface area contributed by atoms with Gasteiger partial charge in [0.25, 0.3) is 0 Å². The van der Waals surface area contributed by atoms with Gasteiger partial charge in [-0.2, -0.15) is 5.26 Å². The lowest BCUT2D eigenvalue weighted by atomic mass is 9.81. The third-order valence-electron chi connectivity index (χ3n) is 7.92. The first-order valence-electron chi connectivity index (χ1n) is 13.7. The number of nitriles is 1. The van der Waals surface area contributed by atoms with Crippen LogP contribution in [0.2, 0.25) is 0 Å². The van der Waals surface area contributed by atoms with E-state index in [1.807, 2.05) is 0 Å². The third kappa shape index (κ3) is 7.91. The number of carbonyl (C=O) groups is 3. The SMILES string of the molecule is CC(C)(C)CCN(C(=O)NC(=O)C(CC(=O)N1CCOCC1)CC1CCCCC1)C1(C#N)CCNC1. The number of ether oxygens (including phenoxy) is 1. The molecule has 0 radical (unpaired) electrons. The quantitative estimate of drug-likeness (QED) is 0.526. The van der Waals surface area contributed by atoms with Gasteiger partial charge in [0, 0.05) is 38.5 Å². The number of urea groups is 1. The van der Waals surface area contributed by atoms with Crippen LogP contribution in [0.25, 0.3) is 0 Å². The zero-order valence-corrected chi connectivity index (χ0v) is 22.4. The summed E-state index contributed by atoms with van der Waals surface area (Å²) in [5, 5.41) is 15.9. The normalized spacial score (nSPS) is 24.1. The van der Waals surface area contributed by atoms with Gasteiger partial charge in [0.15, 0.2) is 0 Å². The van der Waals surface area contributed by atoms with Crippen LogP contribution >= 0.6 is 0 Å². The van der Waals surface area contributed by atoms with E-state index in [9.17, 15) is 19.6 Å². The van der Waals surface area contributed by atoms with Crippen molar-refractivity contribution in [3.8, 4) is 6.07 Å². The Labute approximate surface area is 216 Å². The fourth-order valence-electron chi connectivity index (χ4n) is 5.56. The van der Waals surface area contributed by atoms with Crippen molar-refractivity contribution < 1.29 is 19.1 Å². The van der Waals surface area contributed by atoms with Gasteiger partial charge in [-0.15, -0.1) is 0 Å². The number of nitrogens with one attached hydrogen (secondary N) is 2. The minimum absolute atomic E-state index is 0.0285. The second-order valence-electron chi connectivity index (χ2n) is 12.0. The molecule has 1 saturated carbocycles. The number of amides is 4. The first kappa shape index (κ1) is 28.4. The first-order valence-corrected chi connectivity index (χ1v) is 13.7. The molecule has 202 valence electrons. The Bertz CT molecular complexity index is 800. The number of nitrogens with zero attached hydrogens (tertiary/aromatic N) is 3. The van der Waals surface area contributed by atoms with Crippen LogP contribution in [0.15, 0.2) is 0 Å². The fraction of sp³-hybridized carbons (Fsp3) is 0.852. The van der Waals surface area contributed by atoms with Crippen LogP contribution < -0.4 is 10.6 Å². The van der Waals surface area contributed by atoms with Gasteiger partial charge in [-0.3, -0.25) is 14.9 Å². The van der Waals surface area contributed by atoms with Crippen molar-refractivity contribution in [1.82, 2.24) is 20.4 Å². The van der Waals surface area contributed by atoms with E-state index in [2.05, 4.69) is 37.5 Å². The summed E-state index contributed by atoms with van der Waals surface area (Å²) in [5.74, 6) is -0.619. The predicted molar refractivity (Wildman–Crippen MR) is 137 cm³/mol. The molecule has 9 heteroatoms. The van der Waals surface area contributed by atoms with Crippen LogP contribution in [0.1, 0.15) is 78.6 Å². The Hall–Kier alpha value is -2.18. The van der Waals surface area contributed by atoms with E-state index < -0.39 is 23.4 Å². The molecule has 36 heavy (non-hydrogen) atoms. The van der Waals surface area contributed by atoms with E-state index in [0.29, 0.717) is 71.1 Å². The Morgan fingerprint density at radius 3 is 2.47 bits per heavy atom. The summed E-state index contributed by atoms with van der Waals surface area (Å²) in [4.78, 5) is 43.4. The predicted octanol–water partition coefficient (Wildman–Crippen LogP) is 3.05. The van der Waals surface area contributed by atoms with Crippen molar-refractivity contribution >= 4 is 17.8 Å². The van der Waals surface area contributed by atoms with Crippen LogP contribution in [0.3, 0.4) is 0 Å². The summed E-state index contributed by atoms with van der Waals surface area (Å²) in [6, 6.07) is 1.83. The van der Waals surface area contributed by atoms with E-state index in [0.717, 1.165) is 25.7 Å². The molecule has 2 N–H and O–H groups in total. The van der Waals surface area contributed by atoms with Gasteiger partial charge in [-0.25, -0.2) is 4.79 Å². The third-order valence-corrected chi connectivity index (χ3v) is 7.92. The lowest BCUT2D eigenvalue weighted by molar-refractivity contribution is -0.139. The zero-order chi connectivity index (χ0) is 26.2. The average molecular weight is 504 g/mol. The monoisotopic (exact) mass is 503 g/mol. The minimum atomic E-state index is -0.974. The molecule has 3 fully saturated rings. The molecule has 3 rings (SSSR count). The van der Waals surface area contributed by atoms with Crippen molar-refractivity contribution in [2.75, 3.05) is 45.9 Å². The highest BCUT2D eigenvalue weighted by atomic mass is 16.5. The molecule has 2 heterocycles. The average Bonchev–Trinajstić information content (AvgIpc) is 3.34. The fourth-order valence-corrected chi connectivity index (χ4v) is 5.56. The minimum Gasteiger partial charge on any atom is -0.378 e. The Morgan fingerprint density at radius 2 is 1.89 bits per heavy atom. The molecule has 0 spiro atoms. The molecule has 0 aromatic heterocycles. The Morgan fingerprint density at radius 1 is 1.19 bits per heavy atom. The number of hydrogen-bond donors (Lipinski definition) is 2. The number of morpholine rings is 1. The van der Waals surface area contributed by atoms with Crippen LogP contribution in [0.4, 0.5) is 4.79 Å². The van der Waals surface area contributed by atoms with Gasteiger partial charge in [0.05, 0.1) is 19.3 Å². The molecule has 9 nitrogen and oxygen atoms in total. The summed E-state index contributed by atoms with van der Waals surface area (Å²) < 4.78 is 5.36. The van der Waals surface area contributed by atoms with E-state index in [1.54, 1.807) is 9.80 Å². The molecule has 1 aliphatic carbocycles. The lowest BCUT2D eigenvalue weighted by Gasteiger charge is -2.37. The van der Waals surface area contributed by atoms with Crippen molar-refractivity contribution in [1.29, 1.82) is 5.26 Å². The zero-order valence-electron chi connectivity index (χ0n) is 22.4. The molecular weight excluding hydrogens is 458 g/mol. The number of carbonyl (C=O) groups excluding carboxylic acids is 3. The largest absolute Gasteiger partial charge is 0.378 e. The first-order chi connectivity index (χ1) is 17.1. The molecule has 0 bridgehead atoms. The maximum Gasteiger partial charge on any atom is 0.325 e. The van der Waals surface area contributed by atoms with Gasteiger partial charge in [0.1, 0.15) is 5.54 Å². The van der Waals surface area contributed by atoms with E-state index >= 15 is 0 Å². The Balaban J connectivity index is 1.73. The van der Waals surface area contributed by atoms with Gasteiger partial charge in [-0.1, -0.05) is 52.9 Å². The van der Waals surface area contributed by atoms with Crippen LogP contribution in [-0.4, -0.2) is 79.1 Å². The van der Waals surface area contributed by atoms with Crippen molar-refractivity contribution in [3.63, 3.8) is 0 Å². The highest BCUT2D eigenvalue weighted by molar-refractivity contribution is 5.97. The molecule has 0 aromatic carbocycles. The summed E-state index contributed by atoms with van der Waals surface area (Å²) in [7, 11) is 0. The standard InChI is InChI=1S/C27H45N5O4/c1-26(2,3)10-12-32(27(19-28)9-11-29-20-27)25(35)30-24(34)22(17-21-7-5-4-6-8-21)18-23(33)31-13-15-36-16-14-31/h21-22,29H,4-18,20H2,1-3H3,(H,30,34,35). The summed E-state index contributed by atoms with van der Waals surface area (Å²) in [5.41, 5.74) is -1.00. The molecule has 2 saturated heterocycles. The summed E-state index contributed by atoms with van der Waals surface area (Å²) >= 11 is 0. The van der Waals surface area contributed by atoms with Gasteiger partial charge in [0.2, 0.25) is 11.8 Å². The van der Waals surface area contributed by atoms with Crippen LogP contribution in [-0.2, 0) is 14.3 Å². The highest BCUT2D eigenvalue weighted by Gasteiger charge is 2.44. The molecule has 3 aliphatic rings. The van der Waals surface area contributed by atoms with Crippen molar-refractivity contribution in [3.05, 3.63) is 0 Å². The van der Waals surface area contributed by atoms with Crippen LogP contribution in [0, 0.1) is 28.6 Å². The van der Waals surface area contributed by atoms with E-state index in [4.69, 9.17) is 4.74 Å². The summed E-state index contributed by atoms with van der Waals surface area (Å²) in [6.45, 7) is 9.80. The second kappa shape index (κ2) is 12.9. The van der Waals surface area contributed by atoms with E-state index in [-0.39, 0.29) is 17.7 Å².